The number of rotatable bonds is 3. The number of carbonyl (C=O) groups is 1. The number of benzene rings is 1. The quantitative estimate of drug-likeness (QED) is 0.778. The minimum Gasteiger partial charge on any atom is -0.344 e. The molecule has 0 bridgehead atoms. The van der Waals surface area contributed by atoms with E-state index in [1.165, 1.54) is 0 Å². The summed E-state index contributed by atoms with van der Waals surface area (Å²) in [6.07, 6.45) is 1.67. The summed E-state index contributed by atoms with van der Waals surface area (Å²) in [5.41, 5.74) is 1.15. The number of fused-ring (bicyclic) bond motifs is 1. The number of H-pyrrole nitrogens is 1. The molecule has 0 aliphatic heterocycles. The van der Waals surface area contributed by atoms with E-state index in [2.05, 4.69) is 15.3 Å². The fourth-order valence-electron chi connectivity index (χ4n) is 2.30. The average molecular weight is 293 g/mol. The highest BCUT2D eigenvalue weighted by molar-refractivity contribution is 5.97. The fourth-order valence-corrected chi connectivity index (χ4v) is 2.30. The number of nitrogens with zero attached hydrogens (tertiary/aromatic N) is 1. The number of para-hydroxylation sites is 1. The molecule has 5 heteroatoms. The van der Waals surface area contributed by atoms with E-state index in [1.54, 1.807) is 18.3 Å². The normalized spacial score (nSPS) is 12.0. The second-order valence-corrected chi connectivity index (χ2v) is 5.05. The first-order valence-electron chi connectivity index (χ1n) is 6.99. The van der Waals surface area contributed by atoms with Crippen molar-refractivity contribution in [2.45, 2.75) is 13.0 Å². The molecule has 2 heterocycles. The third kappa shape index (κ3) is 2.74. The summed E-state index contributed by atoms with van der Waals surface area (Å²) in [5, 5.41) is 3.61. The Morgan fingerprint density at radius 1 is 1.18 bits per heavy atom. The van der Waals surface area contributed by atoms with Crippen LogP contribution in [0, 0.1) is 0 Å². The van der Waals surface area contributed by atoms with Gasteiger partial charge in [0, 0.05) is 11.7 Å². The van der Waals surface area contributed by atoms with E-state index in [-0.39, 0.29) is 11.6 Å². The van der Waals surface area contributed by atoms with Crippen molar-refractivity contribution in [3.63, 3.8) is 0 Å². The number of amides is 1. The molecule has 0 spiro atoms. The topological polar surface area (TPSA) is 74.8 Å². The number of hydrogen-bond acceptors (Lipinski definition) is 3. The lowest BCUT2D eigenvalue weighted by Gasteiger charge is -2.13. The third-order valence-corrected chi connectivity index (χ3v) is 3.48. The Bertz CT molecular complexity index is 872. The lowest BCUT2D eigenvalue weighted by Crippen LogP contribution is -2.31. The molecule has 3 aromatic rings. The first kappa shape index (κ1) is 14.0. The number of aromatic nitrogens is 2. The van der Waals surface area contributed by atoms with Gasteiger partial charge in [0.25, 0.3) is 11.5 Å². The van der Waals surface area contributed by atoms with Crippen molar-refractivity contribution in [2.24, 2.45) is 0 Å². The smallest absolute Gasteiger partial charge is 0.261 e. The largest absolute Gasteiger partial charge is 0.344 e. The number of hydrogen-bond donors (Lipinski definition) is 2. The van der Waals surface area contributed by atoms with Crippen molar-refractivity contribution < 1.29 is 4.79 Å². The maximum absolute atomic E-state index is 12.3. The minimum atomic E-state index is -0.412. The molecule has 0 radical (unpaired) electrons. The highest BCUT2D eigenvalue weighted by atomic mass is 16.2. The van der Waals surface area contributed by atoms with Crippen LogP contribution < -0.4 is 10.9 Å². The molecule has 110 valence electrons. The predicted octanol–water partition coefficient (Wildman–Crippen LogP) is 2.41. The Balaban J connectivity index is 1.89. The second kappa shape index (κ2) is 5.81. The summed E-state index contributed by atoms with van der Waals surface area (Å²) in [4.78, 5) is 31.3. The maximum atomic E-state index is 12.3. The Kier molecular flexibility index (Phi) is 3.70. The molecule has 0 fully saturated rings. The third-order valence-electron chi connectivity index (χ3n) is 3.48. The monoisotopic (exact) mass is 293 g/mol. The fraction of sp³-hybridized carbons (Fsp3) is 0.118. The van der Waals surface area contributed by atoms with Gasteiger partial charge in [-0.3, -0.25) is 14.6 Å². The highest BCUT2D eigenvalue weighted by Gasteiger charge is 2.15. The van der Waals surface area contributed by atoms with Gasteiger partial charge in [-0.2, -0.15) is 0 Å². The van der Waals surface area contributed by atoms with Gasteiger partial charge in [0.05, 0.1) is 11.7 Å². The molecule has 0 aliphatic rings. The summed E-state index contributed by atoms with van der Waals surface area (Å²) >= 11 is 0. The Morgan fingerprint density at radius 2 is 1.95 bits per heavy atom. The SMILES string of the molecule is CC(NC(=O)c1cc2ccccc2[nH]c1=O)c1ccccn1. The molecule has 1 amide bonds. The van der Waals surface area contributed by atoms with Crippen LogP contribution in [0.5, 0.6) is 0 Å². The van der Waals surface area contributed by atoms with Crippen LogP contribution in [0.1, 0.15) is 29.0 Å². The minimum absolute atomic E-state index is 0.0986. The molecule has 3 rings (SSSR count). The predicted molar refractivity (Wildman–Crippen MR) is 84.7 cm³/mol. The van der Waals surface area contributed by atoms with Crippen molar-refractivity contribution in [3.05, 3.63) is 76.3 Å². The number of carbonyl (C=O) groups excluding carboxylic acids is 1. The molecule has 22 heavy (non-hydrogen) atoms. The molecular formula is C17H15N3O2. The van der Waals surface area contributed by atoms with Crippen LogP contribution in [0.15, 0.2) is 59.5 Å². The molecule has 1 unspecified atom stereocenters. The number of aromatic amines is 1. The first-order chi connectivity index (χ1) is 10.6. The molecule has 2 aromatic heterocycles. The van der Waals surface area contributed by atoms with Gasteiger partial charge in [-0.25, -0.2) is 0 Å². The molecule has 1 atom stereocenters. The van der Waals surface area contributed by atoms with E-state index < -0.39 is 11.5 Å². The Morgan fingerprint density at radius 3 is 2.73 bits per heavy atom. The van der Waals surface area contributed by atoms with Crippen molar-refractivity contribution >= 4 is 16.8 Å². The number of nitrogens with one attached hydrogen (secondary N) is 2. The van der Waals surface area contributed by atoms with Crippen molar-refractivity contribution in [3.8, 4) is 0 Å². The zero-order valence-electron chi connectivity index (χ0n) is 12.0. The summed E-state index contributed by atoms with van der Waals surface area (Å²) in [6.45, 7) is 1.83. The van der Waals surface area contributed by atoms with Gasteiger partial charge >= 0.3 is 0 Å². The lowest BCUT2D eigenvalue weighted by atomic mass is 10.1. The summed E-state index contributed by atoms with van der Waals surface area (Å²) in [7, 11) is 0. The van der Waals surface area contributed by atoms with Crippen LogP contribution in [0.4, 0.5) is 0 Å². The zero-order chi connectivity index (χ0) is 15.5. The van der Waals surface area contributed by atoms with Crippen molar-refractivity contribution in [1.82, 2.24) is 15.3 Å². The van der Waals surface area contributed by atoms with E-state index in [0.717, 1.165) is 11.1 Å². The highest BCUT2D eigenvalue weighted by Crippen LogP contribution is 2.12. The van der Waals surface area contributed by atoms with Crippen LogP contribution in [0.3, 0.4) is 0 Å². The van der Waals surface area contributed by atoms with Crippen LogP contribution in [-0.4, -0.2) is 15.9 Å². The van der Waals surface area contributed by atoms with Crippen molar-refractivity contribution in [1.29, 1.82) is 0 Å². The molecule has 1 aromatic carbocycles. The van der Waals surface area contributed by atoms with Gasteiger partial charge in [-0.05, 0) is 36.6 Å². The molecule has 0 saturated carbocycles. The van der Waals surface area contributed by atoms with Crippen LogP contribution in [0.2, 0.25) is 0 Å². The standard InChI is InChI=1S/C17H15N3O2/c1-11(14-7-4-5-9-18-14)19-16(21)13-10-12-6-2-3-8-15(12)20-17(13)22/h2-11H,1H3,(H,19,21)(H,20,22). The van der Waals surface area contributed by atoms with E-state index in [4.69, 9.17) is 0 Å². The maximum Gasteiger partial charge on any atom is 0.261 e. The van der Waals surface area contributed by atoms with Gasteiger partial charge in [-0.1, -0.05) is 24.3 Å². The Hall–Kier alpha value is -2.95. The Labute approximate surface area is 127 Å². The molecular weight excluding hydrogens is 278 g/mol. The van der Waals surface area contributed by atoms with Crippen LogP contribution >= 0.6 is 0 Å². The second-order valence-electron chi connectivity index (χ2n) is 5.05. The zero-order valence-corrected chi connectivity index (χ0v) is 12.0. The summed E-state index contributed by atoms with van der Waals surface area (Å²) in [6, 6.07) is 14.2. The number of pyridine rings is 2. The van der Waals surface area contributed by atoms with E-state index >= 15 is 0 Å². The summed E-state index contributed by atoms with van der Waals surface area (Å²) < 4.78 is 0. The van der Waals surface area contributed by atoms with Crippen LogP contribution in [0.25, 0.3) is 10.9 Å². The molecule has 5 nitrogen and oxygen atoms in total. The van der Waals surface area contributed by atoms with E-state index in [1.807, 2.05) is 43.3 Å². The molecule has 0 saturated heterocycles. The van der Waals surface area contributed by atoms with Gasteiger partial charge in [0.1, 0.15) is 5.56 Å². The first-order valence-corrected chi connectivity index (χ1v) is 6.99. The van der Waals surface area contributed by atoms with Gasteiger partial charge in [0.2, 0.25) is 0 Å². The van der Waals surface area contributed by atoms with Gasteiger partial charge in [0.15, 0.2) is 0 Å². The van der Waals surface area contributed by atoms with E-state index in [0.29, 0.717) is 5.52 Å². The van der Waals surface area contributed by atoms with E-state index in [9.17, 15) is 9.59 Å². The van der Waals surface area contributed by atoms with Crippen LogP contribution in [-0.2, 0) is 0 Å². The summed E-state index contributed by atoms with van der Waals surface area (Å²) in [5.74, 6) is -0.412. The van der Waals surface area contributed by atoms with Gasteiger partial charge in [-0.15, -0.1) is 0 Å². The average Bonchev–Trinajstić information content (AvgIpc) is 2.54. The van der Waals surface area contributed by atoms with Crippen molar-refractivity contribution in [2.75, 3.05) is 0 Å². The molecule has 0 aliphatic carbocycles. The van der Waals surface area contributed by atoms with Gasteiger partial charge < -0.3 is 10.3 Å². The molecule has 2 N–H and O–H groups in total. The lowest BCUT2D eigenvalue weighted by molar-refractivity contribution is 0.0938.